The van der Waals surface area contributed by atoms with Gasteiger partial charge in [0.15, 0.2) is 11.6 Å². The Kier molecular flexibility index (Phi) is 4.17. The molecule has 0 aliphatic heterocycles. The lowest BCUT2D eigenvalue weighted by atomic mass is 9.97. The van der Waals surface area contributed by atoms with Crippen LogP contribution in [-0.4, -0.2) is 0 Å². The van der Waals surface area contributed by atoms with Crippen molar-refractivity contribution in [3.05, 3.63) is 35.4 Å². The van der Waals surface area contributed by atoms with Gasteiger partial charge < -0.3 is 0 Å². The SMILES string of the molecule is CC(C)CC(NN)c1ccc(F)c(F)c1. The summed E-state index contributed by atoms with van der Waals surface area (Å²) in [4.78, 5) is 0. The molecule has 0 aliphatic carbocycles. The molecule has 0 heterocycles. The van der Waals surface area contributed by atoms with Gasteiger partial charge in [0.05, 0.1) is 0 Å². The molecule has 0 radical (unpaired) electrons. The summed E-state index contributed by atoms with van der Waals surface area (Å²) in [6.45, 7) is 4.09. The van der Waals surface area contributed by atoms with Crippen LogP contribution in [0.15, 0.2) is 18.2 Å². The maximum Gasteiger partial charge on any atom is 0.159 e. The van der Waals surface area contributed by atoms with E-state index in [9.17, 15) is 8.78 Å². The molecule has 0 fully saturated rings. The Morgan fingerprint density at radius 2 is 1.93 bits per heavy atom. The van der Waals surface area contributed by atoms with Crippen LogP contribution in [0.3, 0.4) is 0 Å². The number of hydrogen-bond donors (Lipinski definition) is 2. The van der Waals surface area contributed by atoms with Crippen LogP contribution in [0.5, 0.6) is 0 Å². The largest absolute Gasteiger partial charge is 0.271 e. The molecule has 0 bridgehead atoms. The molecule has 1 aromatic rings. The summed E-state index contributed by atoms with van der Waals surface area (Å²) in [6, 6.07) is 3.71. The minimum atomic E-state index is -0.837. The second kappa shape index (κ2) is 5.19. The number of hydrogen-bond acceptors (Lipinski definition) is 2. The van der Waals surface area contributed by atoms with E-state index >= 15 is 0 Å². The van der Waals surface area contributed by atoms with E-state index in [-0.39, 0.29) is 6.04 Å². The van der Waals surface area contributed by atoms with Gasteiger partial charge >= 0.3 is 0 Å². The first-order valence-corrected chi connectivity index (χ1v) is 4.95. The van der Waals surface area contributed by atoms with E-state index in [1.807, 2.05) is 13.8 Å². The Hall–Kier alpha value is -1.00. The number of nitrogens with two attached hydrogens (primary N) is 1. The van der Waals surface area contributed by atoms with Crippen molar-refractivity contribution in [3.8, 4) is 0 Å². The summed E-state index contributed by atoms with van der Waals surface area (Å²) >= 11 is 0. The van der Waals surface area contributed by atoms with E-state index in [2.05, 4.69) is 5.43 Å². The molecule has 3 N–H and O–H groups in total. The van der Waals surface area contributed by atoms with Gasteiger partial charge in [-0.3, -0.25) is 11.3 Å². The van der Waals surface area contributed by atoms with E-state index in [1.54, 1.807) is 6.07 Å². The highest BCUT2D eigenvalue weighted by atomic mass is 19.2. The van der Waals surface area contributed by atoms with E-state index < -0.39 is 11.6 Å². The molecule has 4 heteroatoms. The number of hydrazine groups is 1. The lowest BCUT2D eigenvalue weighted by Gasteiger charge is -2.18. The molecule has 2 nitrogen and oxygen atoms in total. The highest BCUT2D eigenvalue weighted by molar-refractivity contribution is 5.21. The molecule has 1 aromatic carbocycles. The molecular formula is C11H16F2N2. The summed E-state index contributed by atoms with van der Waals surface area (Å²) in [5, 5.41) is 0. The molecule has 0 amide bonds. The summed E-state index contributed by atoms with van der Waals surface area (Å²) < 4.78 is 25.7. The smallest absolute Gasteiger partial charge is 0.159 e. The first-order chi connectivity index (χ1) is 7.04. The zero-order valence-electron chi connectivity index (χ0n) is 8.93. The molecule has 15 heavy (non-hydrogen) atoms. The van der Waals surface area contributed by atoms with Crippen LogP contribution >= 0.6 is 0 Å². The number of nitrogens with one attached hydrogen (secondary N) is 1. The third kappa shape index (κ3) is 3.25. The second-order valence-electron chi connectivity index (χ2n) is 4.02. The summed E-state index contributed by atoms with van der Waals surface area (Å²) in [6.07, 6.45) is 0.779. The van der Waals surface area contributed by atoms with Crippen molar-refractivity contribution < 1.29 is 8.78 Å². The zero-order valence-corrected chi connectivity index (χ0v) is 8.93. The van der Waals surface area contributed by atoms with Crippen LogP contribution in [0.4, 0.5) is 8.78 Å². The average Bonchev–Trinajstić information content (AvgIpc) is 2.18. The Balaban J connectivity index is 2.87. The Bertz CT molecular complexity index is 326. The third-order valence-electron chi connectivity index (χ3n) is 2.25. The highest BCUT2D eigenvalue weighted by Crippen LogP contribution is 2.21. The van der Waals surface area contributed by atoms with Crippen LogP contribution < -0.4 is 11.3 Å². The van der Waals surface area contributed by atoms with Crippen molar-refractivity contribution in [2.45, 2.75) is 26.3 Å². The maximum absolute atomic E-state index is 13.0. The summed E-state index contributed by atoms with van der Waals surface area (Å²) in [5.41, 5.74) is 3.28. The van der Waals surface area contributed by atoms with E-state index in [0.29, 0.717) is 11.5 Å². The van der Waals surface area contributed by atoms with Crippen LogP contribution in [0.2, 0.25) is 0 Å². The fourth-order valence-corrected chi connectivity index (χ4v) is 1.50. The zero-order chi connectivity index (χ0) is 11.4. The molecule has 0 saturated carbocycles. The Labute approximate surface area is 88.4 Å². The first kappa shape index (κ1) is 12.1. The van der Waals surface area contributed by atoms with Crippen molar-refractivity contribution in [2.75, 3.05) is 0 Å². The van der Waals surface area contributed by atoms with Gasteiger partial charge in [-0.25, -0.2) is 8.78 Å². The summed E-state index contributed by atoms with van der Waals surface area (Å²) in [5.74, 6) is 4.13. The van der Waals surface area contributed by atoms with E-state index in [0.717, 1.165) is 12.5 Å². The molecule has 1 rings (SSSR count). The summed E-state index contributed by atoms with van der Waals surface area (Å²) in [7, 11) is 0. The average molecular weight is 214 g/mol. The van der Waals surface area contributed by atoms with Crippen molar-refractivity contribution in [1.82, 2.24) is 5.43 Å². The Morgan fingerprint density at radius 1 is 1.27 bits per heavy atom. The van der Waals surface area contributed by atoms with Gasteiger partial charge in [0.1, 0.15) is 0 Å². The van der Waals surface area contributed by atoms with Crippen molar-refractivity contribution in [2.24, 2.45) is 11.8 Å². The van der Waals surface area contributed by atoms with Gasteiger partial charge in [-0.2, -0.15) is 0 Å². The lowest BCUT2D eigenvalue weighted by molar-refractivity contribution is 0.433. The van der Waals surface area contributed by atoms with Crippen molar-refractivity contribution >= 4 is 0 Å². The normalized spacial score (nSPS) is 13.2. The van der Waals surface area contributed by atoms with Crippen molar-refractivity contribution in [1.29, 1.82) is 0 Å². The minimum Gasteiger partial charge on any atom is -0.271 e. The first-order valence-electron chi connectivity index (χ1n) is 4.95. The van der Waals surface area contributed by atoms with E-state index in [4.69, 9.17) is 5.84 Å². The van der Waals surface area contributed by atoms with Crippen LogP contribution in [0.1, 0.15) is 31.9 Å². The predicted molar refractivity (Wildman–Crippen MR) is 55.9 cm³/mol. The monoisotopic (exact) mass is 214 g/mol. The van der Waals surface area contributed by atoms with Gasteiger partial charge in [0.2, 0.25) is 0 Å². The molecule has 0 spiro atoms. The molecule has 0 aromatic heterocycles. The quantitative estimate of drug-likeness (QED) is 0.597. The highest BCUT2D eigenvalue weighted by Gasteiger charge is 2.13. The van der Waals surface area contributed by atoms with Crippen molar-refractivity contribution in [3.63, 3.8) is 0 Å². The van der Waals surface area contributed by atoms with Crippen LogP contribution in [-0.2, 0) is 0 Å². The van der Waals surface area contributed by atoms with Crippen LogP contribution in [0.25, 0.3) is 0 Å². The van der Waals surface area contributed by atoms with Gasteiger partial charge in [-0.1, -0.05) is 19.9 Å². The molecular weight excluding hydrogens is 198 g/mol. The van der Waals surface area contributed by atoms with E-state index in [1.165, 1.54) is 6.07 Å². The second-order valence-corrected chi connectivity index (χ2v) is 4.02. The molecule has 84 valence electrons. The fourth-order valence-electron chi connectivity index (χ4n) is 1.50. The van der Waals surface area contributed by atoms with Gasteiger partial charge in [-0.15, -0.1) is 0 Å². The van der Waals surface area contributed by atoms with Gasteiger partial charge in [0, 0.05) is 6.04 Å². The standard InChI is InChI=1S/C11H16F2N2/c1-7(2)5-11(15-14)8-3-4-9(12)10(13)6-8/h3-4,6-7,11,15H,5,14H2,1-2H3. The number of halogens is 2. The lowest BCUT2D eigenvalue weighted by Crippen LogP contribution is -2.29. The molecule has 1 atom stereocenters. The predicted octanol–water partition coefficient (Wildman–Crippen LogP) is 2.52. The third-order valence-corrected chi connectivity index (χ3v) is 2.25. The fraction of sp³-hybridized carbons (Fsp3) is 0.455. The maximum atomic E-state index is 13.0. The van der Waals surface area contributed by atoms with Gasteiger partial charge in [-0.05, 0) is 30.0 Å². The number of benzene rings is 1. The van der Waals surface area contributed by atoms with Gasteiger partial charge in [0.25, 0.3) is 0 Å². The Morgan fingerprint density at radius 3 is 2.40 bits per heavy atom. The number of rotatable bonds is 4. The van der Waals surface area contributed by atoms with Crippen LogP contribution in [0, 0.1) is 17.6 Å². The minimum absolute atomic E-state index is 0.139. The molecule has 0 saturated heterocycles. The topological polar surface area (TPSA) is 38.0 Å². The molecule has 1 unspecified atom stereocenters. The molecule has 0 aliphatic rings.